The van der Waals surface area contributed by atoms with E-state index in [0.29, 0.717) is 12.6 Å². The van der Waals surface area contributed by atoms with E-state index in [1.165, 1.54) is 0 Å². The first-order valence-corrected chi connectivity index (χ1v) is 6.89. The molecule has 0 bridgehead atoms. The van der Waals surface area contributed by atoms with Crippen molar-refractivity contribution in [3.8, 4) is 0 Å². The Labute approximate surface area is 108 Å². The quantitative estimate of drug-likeness (QED) is 0.818. The molecule has 0 aliphatic rings. The van der Waals surface area contributed by atoms with Crippen LogP contribution in [0.2, 0.25) is 0 Å². The predicted molar refractivity (Wildman–Crippen MR) is 74.6 cm³/mol. The van der Waals surface area contributed by atoms with Crippen molar-refractivity contribution in [2.75, 3.05) is 25.2 Å². The summed E-state index contributed by atoms with van der Waals surface area (Å²) in [6.07, 6.45) is 2.02. The lowest BCUT2D eigenvalue weighted by molar-refractivity contribution is -0.117. The van der Waals surface area contributed by atoms with E-state index in [1.807, 2.05) is 42.5 Å². The zero-order chi connectivity index (χ0) is 12.8. The molecular formula is C13H20N2OS. The van der Waals surface area contributed by atoms with Crippen LogP contribution in [0.4, 0.5) is 5.69 Å². The normalized spacial score (nSPS) is 10.9. The Morgan fingerprint density at radius 1 is 1.47 bits per heavy atom. The van der Waals surface area contributed by atoms with Gasteiger partial charge in [0, 0.05) is 16.6 Å². The average molecular weight is 252 g/mol. The van der Waals surface area contributed by atoms with Gasteiger partial charge < -0.3 is 5.32 Å². The highest BCUT2D eigenvalue weighted by atomic mass is 32.2. The topological polar surface area (TPSA) is 32.3 Å². The Hall–Kier alpha value is -1.00. The van der Waals surface area contributed by atoms with E-state index in [0.717, 1.165) is 10.6 Å². The largest absolute Gasteiger partial charge is 0.325 e. The highest BCUT2D eigenvalue weighted by Crippen LogP contribution is 2.18. The fourth-order valence-corrected chi connectivity index (χ4v) is 1.77. The van der Waals surface area contributed by atoms with Crippen LogP contribution in [-0.2, 0) is 4.79 Å². The first-order valence-electron chi connectivity index (χ1n) is 5.67. The van der Waals surface area contributed by atoms with Crippen molar-refractivity contribution in [3.63, 3.8) is 0 Å². The lowest BCUT2D eigenvalue weighted by atomic mass is 10.3. The van der Waals surface area contributed by atoms with Gasteiger partial charge in [0.1, 0.15) is 0 Å². The highest BCUT2D eigenvalue weighted by molar-refractivity contribution is 7.98. The van der Waals surface area contributed by atoms with Crippen molar-refractivity contribution >= 4 is 23.4 Å². The lowest BCUT2D eigenvalue weighted by Gasteiger charge is -2.20. The molecule has 0 spiro atoms. The standard InChI is InChI=1S/C13H20N2OS/c1-10(2)15(3)9-13(16)14-11-6-5-7-12(8-11)17-4/h5-8,10H,9H2,1-4H3,(H,14,16). The molecule has 1 aromatic carbocycles. The molecule has 0 saturated heterocycles. The summed E-state index contributed by atoms with van der Waals surface area (Å²) in [5, 5.41) is 2.91. The van der Waals surface area contributed by atoms with E-state index in [1.54, 1.807) is 11.8 Å². The molecular weight excluding hydrogens is 232 g/mol. The van der Waals surface area contributed by atoms with Gasteiger partial charge >= 0.3 is 0 Å². The first-order chi connectivity index (χ1) is 8.02. The molecule has 1 rings (SSSR count). The Balaban J connectivity index is 2.55. The Bertz CT molecular complexity index is 379. The van der Waals surface area contributed by atoms with Gasteiger partial charge in [-0.25, -0.2) is 0 Å². The van der Waals surface area contributed by atoms with E-state index in [4.69, 9.17) is 0 Å². The number of hydrogen-bond donors (Lipinski definition) is 1. The molecule has 1 N–H and O–H groups in total. The molecule has 0 atom stereocenters. The summed E-state index contributed by atoms with van der Waals surface area (Å²) in [4.78, 5) is 14.9. The van der Waals surface area contributed by atoms with Crippen molar-refractivity contribution in [2.24, 2.45) is 0 Å². The van der Waals surface area contributed by atoms with Gasteiger partial charge in [-0.05, 0) is 45.4 Å². The van der Waals surface area contributed by atoms with E-state index in [-0.39, 0.29) is 5.91 Å². The van der Waals surface area contributed by atoms with E-state index in [2.05, 4.69) is 19.2 Å². The van der Waals surface area contributed by atoms with Crippen LogP contribution < -0.4 is 5.32 Å². The summed E-state index contributed by atoms with van der Waals surface area (Å²) in [6, 6.07) is 8.25. The van der Waals surface area contributed by atoms with Crippen LogP contribution in [0.25, 0.3) is 0 Å². The minimum atomic E-state index is 0.0273. The number of thioether (sulfide) groups is 1. The third kappa shape index (κ3) is 4.79. The minimum absolute atomic E-state index is 0.0273. The number of carbonyl (C=O) groups is 1. The molecule has 3 nitrogen and oxygen atoms in total. The van der Waals surface area contributed by atoms with Gasteiger partial charge in [0.15, 0.2) is 0 Å². The Morgan fingerprint density at radius 2 is 2.18 bits per heavy atom. The molecule has 4 heteroatoms. The SMILES string of the molecule is CSc1cccc(NC(=O)CN(C)C(C)C)c1. The number of anilines is 1. The van der Waals surface area contributed by atoms with E-state index in [9.17, 15) is 4.79 Å². The maximum absolute atomic E-state index is 11.8. The molecule has 1 aromatic rings. The van der Waals surface area contributed by atoms with Crippen molar-refractivity contribution < 1.29 is 4.79 Å². The second kappa shape index (κ2) is 6.67. The fraction of sp³-hybridized carbons (Fsp3) is 0.462. The number of likely N-dealkylation sites (N-methyl/N-ethyl adjacent to an activating group) is 1. The zero-order valence-corrected chi connectivity index (χ0v) is 11.7. The van der Waals surface area contributed by atoms with Gasteiger partial charge in [-0.2, -0.15) is 0 Å². The number of carbonyl (C=O) groups excluding carboxylic acids is 1. The number of nitrogens with zero attached hydrogens (tertiary/aromatic N) is 1. The number of nitrogens with one attached hydrogen (secondary N) is 1. The van der Waals surface area contributed by atoms with Crippen LogP contribution >= 0.6 is 11.8 Å². The van der Waals surface area contributed by atoms with Crippen molar-refractivity contribution in [1.29, 1.82) is 0 Å². The predicted octanol–water partition coefficient (Wildman–Crippen LogP) is 2.69. The third-order valence-corrected chi connectivity index (χ3v) is 3.35. The van der Waals surface area contributed by atoms with Crippen molar-refractivity contribution in [1.82, 2.24) is 4.90 Å². The molecule has 0 unspecified atom stereocenters. The van der Waals surface area contributed by atoms with Gasteiger partial charge in [0.05, 0.1) is 6.54 Å². The van der Waals surface area contributed by atoms with Gasteiger partial charge in [0.2, 0.25) is 5.91 Å². The third-order valence-electron chi connectivity index (χ3n) is 2.63. The number of hydrogen-bond acceptors (Lipinski definition) is 3. The number of rotatable bonds is 5. The first kappa shape index (κ1) is 14.1. The van der Waals surface area contributed by atoms with E-state index < -0.39 is 0 Å². The fourth-order valence-electron chi connectivity index (χ4n) is 1.31. The van der Waals surface area contributed by atoms with Crippen LogP contribution in [0.1, 0.15) is 13.8 Å². The van der Waals surface area contributed by atoms with Crippen LogP contribution in [0.15, 0.2) is 29.2 Å². The number of amides is 1. The molecule has 17 heavy (non-hydrogen) atoms. The van der Waals surface area contributed by atoms with Crippen LogP contribution in [0.5, 0.6) is 0 Å². The molecule has 0 saturated carbocycles. The molecule has 0 aromatic heterocycles. The van der Waals surface area contributed by atoms with E-state index >= 15 is 0 Å². The second-order valence-corrected chi connectivity index (χ2v) is 5.17. The van der Waals surface area contributed by atoms with Crippen LogP contribution in [0.3, 0.4) is 0 Å². The summed E-state index contributed by atoms with van der Waals surface area (Å²) in [7, 11) is 1.95. The summed E-state index contributed by atoms with van der Waals surface area (Å²) in [5.41, 5.74) is 0.860. The van der Waals surface area contributed by atoms with Gasteiger partial charge in [-0.1, -0.05) is 6.07 Å². The van der Waals surface area contributed by atoms with Gasteiger partial charge in [0.25, 0.3) is 0 Å². The lowest BCUT2D eigenvalue weighted by Crippen LogP contribution is -2.34. The number of benzene rings is 1. The zero-order valence-electron chi connectivity index (χ0n) is 10.9. The summed E-state index contributed by atoms with van der Waals surface area (Å²) in [6.45, 7) is 4.56. The summed E-state index contributed by atoms with van der Waals surface area (Å²) < 4.78 is 0. The Morgan fingerprint density at radius 3 is 2.76 bits per heavy atom. The van der Waals surface area contributed by atoms with Gasteiger partial charge in [-0.3, -0.25) is 9.69 Å². The Kier molecular flexibility index (Phi) is 5.51. The minimum Gasteiger partial charge on any atom is -0.325 e. The molecule has 0 fully saturated rings. The molecule has 0 aliphatic carbocycles. The second-order valence-electron chi connectivity index (χ2n) is 4.29. The maximum Gasteiger partial charge on any atom is 0.238 e. The molecule has 0 radical (unpaired) electrons. The van der Waals surface area contributed by atoms with Gasteiger partial charge in [-0.15, -0.1) is 11.8 Å². The molecule has 0 heterocycles. The van der Waals surface area contributed by atoms with Crippen molar-refractivity contribution in [3.05, 3.63) is 24.3 Å². The average Bonchev–Trinajstić information content (AvgIpc) is 2.28. The highest BCUT2D eigenvalue weighted by Gasteiger charge is 2.09. The maximum atomic E-state index is 11.8. The molecule has 94 valence electrons. The van der Waals surface area contributed by atoms with Crippen LogP contribution in [-0.4, -0.2) is 36.7 Å². The monoisotopic (exact) mass is 252 g/mol. The van der Waals surface area contributed by atoms with Crippen molar-refractivity contribution in [2.45, 2.75) is 24.8 Å². The smallest absolute Gasteiger partial charge is 0.238 e. The summed E-state index contributed by atoms with van der Waals surface area (Å²) in [5.74, 6) is 0.0273. The molecule has 1 amide bonds. The molecule has 0 aliphatic heterocycles. The summed E-state index contributed by atoms with van der Waals surface area (Å²) >= 11 is 1.67. The van der Waals surface area contributed by atoms with Crippen LogP contribution in [0, 0.1) is 0 Å².